The van der Waals surface area contributed by atoms with Gasteiger partial charge in [-0.25, -0.2) is 4.79 Å². The van der Waals surface area contributed by atoms with Crippen LogP contribution in [0.3, 0.4) is 0 Å². The third-order valence-corrected chi connectivity index (χ3v) is 3.86. The number of rotatable bonds is 3. The molecule has 2 rings (SSSR count). The number of esters is 1. The van der Waals surface area contributed by atoms with Gasteiger partial charge in [0.05, 0.1) is 18.2 Å². The van der Waals surface area contributed by atoms with Crippen LogP contribution in [0.25, 0.3) is 0 Å². The molecule has 1 saturated carbocycles. The Kier molecular flexibility index (Phi) is 2.33. The summed E-state index contributed by atoms with van der Waals surface area (Å²) < 4.78 is 4.66. The molecule has 1 aromatic heterocycles. The summed E-state index contributed by atoms with van der Waals surface area (Å²) in [5.74, 6) is -0.251. The Hall–Kier alpha value is -0.870. The van der Waals surface area contributed by atoms with Crippen LogP contribution in [-0.2, 0) is 10.3 Å². The van der Waals surface area contributed by atoms with E-state index in [0.29, 0.717) is 5.56 Å². The highest BCUT2D eigenvalue weighted by molar-refractivity contribution is 7.10. The Bertz CT molecular complexity index is 355. The van der Waals surface area contributed by atoms with Crippen molar-refractivity contribution in [3.05, 3.63) is 21.9 Å². The fourth-order valence-electron chi connectivity index (χ4n) is 1.56. The van der Waals surface area contributed by atoms with Gasteiger partial charge < -0.3 is 10.1 Å². The summed E-state index contributed by atoms with van der Waals surface area (Å²) in [5.41, 5.74) is 0.811. The monoisotopic (exact) mass is 211 g/mol. The maximum Gasteiger partial charge on any atom is 0.338 e. The van der Waals surface area contributed by atoms with Crippen LogP contribution in [0, 0.1) is 0 Å². The average molecular weight is 211 g/mol. The van der Waals surface area contributed by atoms with E-state index in [2.05, 4.69) is 10.1 Å². The van der Waals surface area contributed by atoms with Crippen molar-refractivity contribution >= 4 is 17.3 Å². The molecule has 0 radical (unpaired) electrons. The number of thiophene rings is 1. The molecule has 3 nitrogen and oxygen atoms in total. The smallest absolute Gasteiger partial charge is 0.338 e. The molecule has 0 unspecified atom stereocenters. The zero-order valence-electron chi connectivity index (χ0n) is 8.29. The number of ether oxygens (including phenoxy) is 1. The van der Waals surface area contributed by atoms with Crippen LogP contribution >= 0.6 is 11.3 Å². The number of carbonyl (C=O) groups excluding carboxylic acids is 1. The van der Waals surface area contributed by atoms with E-state index in [1.807, 2.05) is 18.5 Å². The predicted molar refractivity (Wildman–Crippen MR) is 55.6 cm³/mol. The normalized spacial score (nSPS) is 17.9. The molecule has 0 bridgehead atoms. The van der Waals surface area contributed by atoms with Crippen LogP contribution in [-0.4, -0.2) is 20.1 Å². The maximum absolute atomic E-state index is 11.2. The second kappa shape index (κ2) is 3.37. The minimum atomic E-state index is -0.251. The zero-order chi connectivity index (χ0) is 10.2. The molecule has 0 atom stereocenters. The van der Waals surface area contributed by atoms with Gasteiger partial charge in [0.25, 0.3) is 0 Å². The summed E-state index contributed by atoms with van der Waals surface area (Å²) in [6.07, 6.45) is 2.31. The Morgan fingerprint density at radius 2 is 2.36 bits per heavy atom. The van der Waals surface area contributed by atoms with Crippen LogP contribution in [0.4, 0.5) is 0 Å². The Balaban J connectivity index is 2.22. The lowest BCUT2D eigenvalue weighted by Crippen LogP contribution is -2.23. The van der Waals surface area contributed by atoms with Crippen LogP contribution in [0.2, 0.25) is 0 Å². The van der Waals surface area contributed by atoms with Crippen molar-refractivity contribution < 1.29 is 9.53 Å². The van der Waals surface area contributed by atoms with Gasteiger partial charge in [0.2, 0.25) is 0 Å². The first-order valence-corrected chi connectivity index (χ1v) is 5.46. The number of hydrogen-bond donors (Lipinski definition) is 1. The summed E-state index contributed by atoms with van der Waals surface area (Å²) in [4.78, 5) is 12.5. The molecular formula is C10H13NO2S. The third-order valence-electron chi connectivity index (χ3n) is 2.72. The van der Waals surface area contributed by atoms with Gasteiger partial charge in [0.15, 0.2) is 0 Å². The molecule has 1 aliphatic carbocycles. The van der Waals surface area contributed by atoms with Gasteiger partial charge in [-0.15, -0.1) is 11.3 Å². The SMILES string of the molecule is CNC1(c2cc(C(=O)OC)cs2)CC1. The Morgan fingerprint density at radius 3 is 2.86 bits per heavy atom. The first-order valence-electron chi connectivity index (χ1n) is 4.58. The molecule has 1 heterocycles. The topological polar surface area (TPSA) is 38.3 Å². The number of hydrogen-bond acceptors (Lipinski definition) is 4. The molecular weight excluding hydrogens is 198 g/mol. The first kappa shape index (κ1) is 9.68. The number of methoxy groups -OCH3 is 1. The molecule has 76 valence electrons. The molecule has 1 fully saturated rings. The van der Waals surface area contributed by atoms with Gasteiger partial charge in [0.1, 0.15) is 0 Å². The Labute approximate surface area is 87.1 Å². The van der Waals surface area contributed by atoms with E-state index >= 15 is 0 Å². The quantitative estimate of drug-likeness (QED) is 0.774. The fourth-order valence-corrected chi connectivity index (χ4v) is 2.70. The highest BCUT2D eigenvalue weighted by Gasteiger charge is 2.44. The van der Waals surface area contributed by atoms with Gasteiger partial charge in [-0.05, 0) is 26.0 Å². The molecule has 0 aromatic carbocycles. The average Bonchev–Trinajstić information content (AvgIpc) is 2.87. The van der Waals surface area contributed by atoms with Crippen molar-refractivity contribution in [1.29, 1.82) is 0 Å². The highest BCUT2D eigenvalue weighted by atomic mass is 32.1. The molecule has 1 aliphatic rings. The van der Waals surface area contributed by atoms with E-state index in [1.165, 1.54) is 12.0 Å². The van der Waals surface area contributed by atoms with Crippen molar-refractivity contribution in [3.63, 3.8) is 0 Å². The number of nitrogens with one attached hydrogen (secondary N) is 1. The van der Waals surface area contributed by atoms with E-state index < -0.39 is 0 Å². The van der Waals surface area contributed by atoms with Gasteiger partial charge in [-0.1, -0.05) is 0 Å². The van der Waals surface area contributed by atoms with Gasteiger partial charge in [-0.3, -0.25) is 0 Å². The lowest BCUT2D eigenvalue weighted by Gasteiger charge is -2.10. The molecule has 4 heteroatoms. The van der Waals surface area contributed by atoms with Gasteiger partial charge in [0, 0.05) is 10.3 Å². The maximum atomic E-state index is 11.2. The molecule has 0 saturated heterocycles. The summed E-state index contributed by atoms with van der Waals surface area (Å²) in [7, 11) is 3.37. The largest absolute Gasteiger partial charge is 0.465 e. The van der Waals surface area contributed by atoms with Gasteiger partial charge in [-0.2, -0.15) is 0 Å². The summed E-state index contributed by atoms with van der Waals surface area (Å²) in [6, 6.07) is 1.93. The van der Waals surface area contributed by atoms with Crippen molar-refractivity contribution in [2.75, 3.05) is 14.2 Å². The van der Waals surface area contributed by atoms with E-state index in [9.17, 15) is 4.79 Å². The lowest BCUT2D eigenvalue weighted by atomic mass is 10.2. The van der Waals surface area contributed by atoms with Crippen molar-refractivity contribution in [2.45, 2.75) is 18.4 Å². The van der Waals surface area contributed by atoms with Crippen molar-refractivity contribution in [2.24, 2.45) is 0 Å². The molecule has 14 heavy (non-hydrogen) atoms. The molecule has 0 amide bonds. The van der Waals surface area contributed by atoms with E-state index in [1.54, 1.807) is 11.3 Å². The molecule has 0 spiro atoms. The van der Waals surface area contributed by atoms with Crippen LogP contribution < -0.4 is 5.32 Å². The van der Waals surface area contributed by atoms with Crippen molar-refractivity contribution in [3.8, 4) is 0 Å². The minimum Gasteiger partial charge on any atom is -0.465 e. The van der Waals surface area contributed by atoms with Crippen LogP contribution in [0.5, 0.6) is 0 Å². The van der Waals surface area contributed by atoms with Gasteiger partial charge >= 0.3 is 5.97 Å². The predicted octanol–water partition coefficient (Wildman–Crippen LogP) is 1.74. The molecule has 1 N–H and O–H groups in total. The minimum absolute atomic E-state index is 0.150. The summed E-state index contributed by atoms with van der Waals surface area (Å²) >= 11 is 1.62. The fraction of sp³-hybridized carbons (Fsp3) is 0.500. The summed E-state index contributed by atoms with van der Waals surface area (Å²) in [6.45, 7) is 0. The molecule has 1 aromatic rings. The zero-order valence-corrected chi connectivity index (χ0v) is 9.11. The van der Waals surface area contributed by atoms with Crippen LogP contribution in [0.1, 0.15) is 28.1 Å². The van der Waals surface area contributed by atoms with Crippen molar-refractivity contribution in [1.82, 2.24) is 5.32 Å². The van der Waals surface area contributed by atoms with Crippen LogP contribution in [0.15, 0.2) is 11.4 Å². The standard InChI is InChI=1S/C10H13NO2S/c1-11-10(3-4-10)8-5-7(6-14-8)9(12)13-2/h5-6,11H,3-4H2,1-2H3. The Morgan fingerprint density at radius 1 is 1.64 bits per heavy atom. The first-order chi connectivity index (χ1) is 6.72. The third kappa shape index (κ3) is 1.44. The second-order valence-electron chi connectivity index (χ2n) is 3.52. The second-order valence-corrected chi connectivity index (χ2v) is 4.43. The number of carbonyl (C=O) groups is 1. The van der Waals surface area contributed by atoms with E-state index in [4.69, 9.17) is 0 Å². The summed E-state index contributed by atoms with van der Waals surface area (Å²) in [5, 5.41) is 5.16. The van der Waals surface area contributed by atoms with E-state index in [-0.39, 0.29) is 11.5 Å². The lowest BCUT2D eigenvalue weighted by molar-refractivity contribution is 0.0601. The molecule has 0 aliphatic heterocycles. The van der Waals surface area contributed by atoms with E-state index in [0.717, 1.165) is 12.8 Å². The highest BCUT2D eigenvalue weighted by Crippen LogP contribution is 2.47.